The number of carbonyl (C=O) groups is 1. The predicted molar refractivity (Wildman–Crippen MR) is 60.9 cm³/mol. The number of esters is 1. The number of carbonyl (C=O) groups excluding carboxylic acids is 1. The van der Waals surface area contributed by atoms with E-state index in [1.807, 2.05) is 0 Å². The summed E-state index contributed by atoms with van der Waals surface area (Å²) in [6.07, 6.45) is 5.26. The molecule has 0 aliphatic heterocycles. The third kappa shape index (κ3) is 1.67. The largest absolute Gasteiger partial charge is 0.465 e. The Morgan fingerprint density at radius 1 is 1.47 bits per heavy atom. The normalized spacial score (nSPS) is 15.8. The Morgan fingerprint density at radius 3 is 2.94 bits per heavy atom. The van der Waals surface area contributed by atoms with Crippen LogP contribution in [0.25, 0.3) is 5.65 Å². The average molecular weight is 231 g/mol. The maximum Gasteiger partial charge on any atom is 0.339 e. The van der Waals surface area contributed by atoms with Crippen LogP contribution in [-0.4, -0.2) is 27.7 Å². The van der Waals surface area contributed by atoms with Crippen LogP contribution in [-0.2, 0) is 4.74 Å². The van der Waals surface area contributed by atoms with Crippen molar-refractivity contribution in [2.24, 2.45) is 0 Å². The Labute approximate surface area is 98.4 Å². The van der Waals surface area contributed by atoms with Gasteiger partial charge in [0.25, 0.3) is 0 Å². The molecule has 0 atom stereocenters. The summed E-state index contributed by atoms with van der Waals surface area (Å²) in [6, 6.07) is 3.50. The molecule has 0 saturated heterocycles. The fourth-order valence-electron chi connectivity index (χ4n) is 1.98. The van der Waals surface area contributed by atoms with E-state index in [1.54, 1.807) is 22.8 Å². The monoisotopic (exact) mass is 231 g/mol. The minimum absolute atomic E-state index is 0.354. The van der Waals surface area contributed by atoms with Gasteiger partial charge in [-0.1, -0.05) is 6.42 Å². The summed E-state index contributed by atoms with van der Waals surface area (Å²) >= 11 is 0. The number of rotatable bonds is 2. The van der Waals surface area contributed by atoms with Crippen molar-refractivity contribution in [2.75, 3.05) is 7.11 Å². The van der Waals surface area contributed by atoms with E-state index in [9.17, 15) is 4.79 Å². The fourth-order valence-corrected chi connectivity index (χ4v) is 1.98. The molecule has 0 aromatic carbocycles. The summed E-state index contributed by atoms with van der Waals surface area (Å²) in [5.41, 5.74) is 1.27. The number of fused-ring (bicyclic) bond motifs is 1. The summed E-state index contributed by atoms with van der Waals surface area (Å²) in [5, 5.41) is 4.41. The summed E-state index contributed by atoms with van der Waals surface area (Å²) in [4.78, 5) is 15.8. The molecule has 2 heterocycles. The molecule has 0 N–H and O–H groups in total. The molecular formula is C12H13N3O2. The number of hydrogen-bond acceptors (Lipinski definition) is 4. The van der Waals surface area contributed by atoms with Crippen LogP contribution < -0.4 is 0 Å². The molecule has 0 radical (unpaired) electrons. The van der Waals surface area contributed by atoms with Crippen molar-refractivity contribution in [3.05, 3.63) is 29.7 Å². The van der Waals surface area contributed by atoms with Crippen LogP contribution >= 0.6 is 0 Å². The van der Waals surface area contributed by atoms with Gasteiger partial charge in [-0.2, -0.15) is 5.10 Å². The van der Waals surface area contributed by atoms with Gasteiger partial charge in [0.05, 0.1) is 12.7 Å². The first-order valence-corrected chi connectivity index (χ1v) is 5.72. The van der Waals surface area contributed by atoms with E-state index in [2.05, 4.69) is 14.8 Å². The van der Waals surface area contributed by atoms with Gasteiger partial charge in [0.2, 0.25) is 0 Å². The molecule has 3 rings (SSSR count). The van der Waals surface area contributed by atoms with Crippen LogP contribution in [0.5, 0.6) is 0 Å². The number of hydrogen-bond donors (Lipinski definition) is 0. The molecule has 0 bridgehead atoms. The van der Waals surface area contributed by atoms with Gasteiger partial charge in [0.1, 0.15) is 0 Å². The Hall–Kier alpha value is -1.91. The molecule has 0 spiro atoms. The number of nitrogens with zero attached hydrogens (tertiary/aromatic N) is 3. The van der Waals surface area contributed by atoms with E-state index >= 15 is 0 Å². The Bertz CT molecular complexity index is 572. The van der Waals surface area contributed by atoms with Gasteiger partial charge < -0.3 is 4.74 Å². The van der Waals surface area contributed by atoms with E-state index in [0.717, 1.165) is 11.5 Å². The number of methoxy groups -OCH3 is 1. The topological polar surface area (TPSA) is 56.5 Å². The second-order valence-corrected chi connectivity index (χ2v) is 4.31. The van der Waals surface area contributed by atoms with Crippen LogP contribution in [0.1, 0.15) is 41.4 Å². The molecule has 17 heavy (non-hydrogen) atoms. The fraction of sp³-hybridized carbons (Fsp3) is 0.417. The summed E-state index contributed by atoms with van der Waals surface area (Å²) in [5.74, 6) is 1.03. The van der Waals surface area contributed by atoms with E-state index in [0.29, 0.717) is 11.5 Å². The minimum Gasteiger partial charge on any atom is -0.465 e. The Kier molecular flexibility index (Phi) is 2.31. The van der Waals surface area contributed by atoms with Crippen LogP contribution in [0.4, 0.5) is 0 Å². The molecule has 0 amide bonds. The Balaban J connectivity index is 2.00. The van der Waals surface area contributed by atoms with Crippen molar-refractivity contribution in [3.8, 4) is 0 Å². The molecule has 2 aromatic heterocycles. The first-order chi connectivity index (χ1) is 8.28. The average Bonchev–Trinajstić information content (AvgIpc) is 2.67. The minimum atomic E-state index is -0.354. The van der Waals surface area contributed by atoms with Crippen molar-refractivity contribution < 1.29 is 9.53 Å². The molecule has 5 nitrogen and oxygen atoms in total. The zero-order valence-corrected chi connectivity index (χ0v) is 9.59. The molecule has 1 fully saturated rings. The number of aromatic nitrogens is 3. The zero-order chi connectivity index (χ0) is 11.8. The number of pyridine rings is 1. The molecule has 88 valence electrons. The molecule has 2 aromatic rings. The third-order valence-electron chi connectivity index (χ3n) is 3.24. The lowest BCUT2D eigenvalue weighted by Gasteiger charge is -2.21. The molecule has 1 aliphatic rings. The van der Waals surface area contributed by atoms with Crippen molar-refractivity contribution in [1.29, 1.82) is 0 Å². The van der Waals surface area contributed by atoms with Crippen LogP contribution in [0.15, 0.2) is 18.3 Å². The second-order valence-electron chi connectivity index (χ2n) is 4.31. The van der Waals surface area contributed by atoms with Gasteiger partial charge in [-0.3, -0.25) is 0 Å². The smallest absolute Gasteiger partial charge is 0.339 e. The van der Waals surface area contributed by atoms with Gasteiger partial charge >= 0.3 is 5.97 Å². The summed E-state index contributed by atoms with van der Waals surface area (Å²) in [7, 11) is 1.37. The van der Waals surface area contributed by atoms with Gasteiger partial charge in [0.15, 0.2) is 11.5 Å². The summed E-state index contributed by atoms with van der Waals surface area (Å²) < 4.78 is 6.32. The van der Waals surface area contributed by atoms with Gasteiger partial charge in [-0.05, 0) is 25.0 Å². The number of ether oxygens (including phenoxy) is 1. The highest BCUT2D eigenvalue weighted by molar-refractivity contribution is 5.89. The molecule has 0 unspecified atom stereocenters. The van der Waals surface area contributed by atoms with Crippen LogP contribution in [0.2, 0.25) is 0 Å². The SMILES string of the molecule is COC(=O)c1ccc2nc(C3CCC3)nn2c1. The maximum absolute atomic E-state index is 11.4. The Morgan fingerprint density at radius 2 is 2.29 bits per heavy atom. The maximum atomic E-state index is 11.4. The molecular weight excluding hydrogens is 218 g/mol. The van der Waals surface area contributed by atoms with Crippen molar-refractivity contribution in [2.45, 2.75) is 25.2 Å². The highest BCUT2D eigenvalue weighted by Gasteiger charge is 2.23. The van der Waals surface area contributed by atoms with Crippen molar-refractivity contribution >= 4 is 11.6 Å². The standard InChI is InChI=1S/C12H13N3O2/c1-17-12(16)9-5-6-10-13-11(8-3-2-4-8)14-15(10)7-9/h5-8H,2-4H2,1H3. The molecule has 5 heteroatoms. The second kappa shape index (κ2) is 3.84. The third-order valence-corrected chi connectivity index (χ3v) is 3.24. The quantitative estimate of drug-likeness (QED) is 0.739. The lowest BCUT2D eigenvalue weighted by atomic mass is 9.85. The first kappa shape index (κ1) is 10.3. The van der Waals surface area contributed by atoms with Crippen LogP contribution in [0, 0.1) is 0 Å². The molecule has 1 aliphatic carbocycles. The zero-order valence-electron chi connectivity index (χ0n) is 9.59. The highest BCUT2D eigenvalue weighted by Crippen LogP contribution is 2.34. The predicted octanol–water partition coefficient (Wildman–Crippen LogP) is 1.78. The van der Waals surface area contributed by atoms with Gasteiger partial charge in [-0.15, -0.1) is 0 Å². The van der Waals surface area contributed by atoms with E-state index in [-0.39, 0.29) is 5.97 Å². The molecule has 1 saturated carbocycles. The highest BCUT2D eigenvalue weighted by atomic mass is 16.5. The van der Waals surface area contributed by atoms with Gasteiger partial charge in [0, 0.05) is 12.1 Å². The van der Waals surface area contributed by atoms with E-state index in [1.165, 1.54) is 26.4 Å². The van der Waals surface area contributed by atoms with Gasteiger partial charge in [-0.25, -0.2) is 14.3 Å². The lowest BCUT2D eigenvalue weighted by Crippen LogP contribution is -2.10. The van der Waals surface area contributed by atoms with E-state index in [4.69, 9.17) is 0 Å². The van der Waals surface area contributed by atoms with Crippen molar-refractivity contribution in [1.82, 2.24) is 14.6 Å². The summed E-state index contributed by atoms with van der Waals surface area (Å²) in [6.45, 7) is 0. The first-order valence-electron chi connectivity index (χ1n) is 5.72. The lowest BCUT2D eigenvalue weighted by molar-refractivity contribution is 0.0600. The van der Waals surface area contributed by atoms with Crippen molar-refractivity contribution in [3.63, 3.8) is 0 Å². The van der Waals surface area contributed by atoms with Crippen LogP contribution in [0.3, 0.4) is 0 Å². The van der Waals surface area contributed by atoms with E-state index < -0.39 is 0 Å².